The molecule has 0 aromatic heterocycles. The van der Waals surface area contributed by atoms with Gasteiger partial charge in [-0.3, -0.25) is 0 Å². The molecule has 3 amide bonds. The summed E-state index contributed by atoms with van der Waals surface area (Å²) in [6, 6.07) is 7.28. The van der Waals surface area contributed by atoms with Crippen molar-refractivity contribution in [2.24, 2.45) is 5.41 Å². The minimum Gasteiger partial charge on any atom is -0.465 e. The van der Waals surface area contributed by atoms with Crippen molar-refractivity contribution in [1.29, 1.82) is 0 Å². The highest BCUT2D eigenvalue weighted by molar-refractivity contribution is 6.30. The molecule has 1 spiro atoms. The van der Waals surface area contributed by atoms with Crippen LogP contribution in [0.4, 0.5) is 9.59 Å². The Hall–Kier alpha value is -1.95. The third kappa shape index (κ3) is 3.69. The molecule has 6 nitrogen and oxygen atoms in total. The summed E-state index contributed by atoms with van der Waals surface area (Å²) >= 11 is 5.82. The number of hydrogen-bond donors (Lipinski definition) is 3. The molecule has 2 aliphatic rings. The zero-order valence-corrected chi connectivity index (χ0v) is 13.5. The lowest BCUT2D eigenvalue weighted by molar-refractivity contribution is 0.0899. The fraction of sp³-hybridized carbons (Fsp3) is 0.500. The zero-order chi connectivity index (χ0) is 16.4. The maximum absolute atomic E-state index is 11.9. The Balaban J connectivity index is 1.39. The Morgan fingerprint density at radius 1 is 1.30 bits per heavy atom. The number of nitrogens with zero attached hydrogens (tertiary/aromatic N) is 1. The lowest BCUT2D eigenvalue weighted by atomic mass is 9.65. The summed E-state index contributed by atoms with van der Waals surface area (Å²) in [5.41, 5.74) is 1.06. The summed E-state index contributed by atoms with van der Waals surface area (Å²) in [6.45, 7) is 1.64. The molecule has 0 bridgehead atoms. The van der Waals surface area contributed by atoms with Crippen LogP contribution in [0.1, 0.15) is 24.8 Å². The Morgan fingerprint density at radius 3 is 2.61 bits per heavy atom. The average molecular weight is 338 g/mol. The third-order valence-electron chi connectivity index (χ3n) is 4.77. The molecule has 2 fully saturated rings. The number of carboxylic acid groups (broad SMARTS) is 1. The van der Waals surface area contributed by atoms with Crippen molar-refractivity contribution in [2.45, 2.75) is 31.8 Å². The van der Waals surface area contributed by atoms with Crippen molar-refractivity contribution >= 4 is 23.7 Å². The number of rotatable bonds is 3. The van der Waals surface area contributed by atoms with Crippen LogP contribution < -0.4 is 10.6 Å². The van der Waals surface area contributed by atoms with Crippen LogP contribution in [0.5, 0.6) is 0 Å². The summed E-state index contributed by atoms with van der Waals surface area (Å²) in [5, 5.41) is 15.5. The van der Waals surface area contributed by atoms with Gasteiger partial charge in [-0.05, 0) is 42.4 Å². The highest BCUT2D eigenvalue weighted by Crippen LogP contribution is 2.48. The monoisotopic (exact) mass is 337 g/mol. The van der Waals surface area contributed by atoms with E-state index in [2.05, 4.69) is 10.6 Å². The number of amides is 3. The second kappa shape index (κ2) is 6.28. The molecule has 1 aromatic carbocycles. The first-order chi connectivity index (χ1) is 11.0. The predicted molar refractivity (Wildman–Crippen MR) is 86.5 cm³/mol. The molecule has 1 saturated carbocycles. The maximum atomic E-state index is 11.9. The normalized spacial score (nSPS) is 26.0. The van der Waals surface area contributed by atoms with E-state index in [0.29, 0.717) is 24.7 Å². The van der Waals surface area contributed by atoms with Gasteiger partial charge in [-0.1, -0.05) is 23.7 Å². The van der Waals surface area contributed by atoms with E-state index in [0.717, 1.165) is 24.8 Å². The van der Waals surface area contributed by atoms with Crippen molar-refractivity contribution in [1.82, 2.24) is 15.5 Å². The Morgan fingerprint density at radius 2 is 2.00 bits per heavy atom. The van der Waals surface area contributed by atoms with Crippen molar-refractivity contribution in [3.63, 3.8) is 0 Å². The van der Waals surface area contributed by atoms with E-state index in [4.69, 9.17) is 16.7 Å². The van der Waals surface area contributed by atoms with Gasteiger partial charge < -0.3 is 20.6 Å². The van der Waals surface area contributed by atoms with Crippen molar-refractivity contribution in [3.05, 3.63) is 34.9 Å². The van der Waals surface area contributed by atoms with E-state index in [-0.39, 0.29) is 17.5 Å². The van der Waals surface area contributed by atoms with Gasteiger partial charge in [-0.25, -0.2) is 9.59 Å². The molecule has 0 unspecified atom stereocenters. The Bertz CT molecular complexity index is 599. The van der Waals surface area contributed by atoms with Crippen LogP contribution in [0, 0.1) is 5.41 Å². The summed E-state index contributed by atoms with van der Waals surface area (Å²) in [4.78, 5) is 24.3. The van der Waals surface area contributed by atoms with Gasteiger partial charge in [0.05, 0.1) is 0 Å². The lowest BCUT2D eigenvalue weighted by Crippen LogP contribution is -2.54. The molecule has 124 valence electrons. The quantitative estimate of drug-likeness (QED) is 0.793. The molecule has 7 heteroatoms. The molecular weight excluding hydrogens is 318 g/mol. The average Bonchev–Trinajstić information content (AvgIpc) is 2.92. The topological polar surface area (TPSA) is 81.7 Å². The SMILES string of the molecule is O=C(NCc1ccc(Cl)cc1)N[C@H]1C[C@@]2(CCN(C(=O)O)C2)C1. The number of nitrogens with one attached hydrogen (secondary N) is 2. The van der Waals surface area contributed by atoms with Gasteiger partial charge in [-0.2, -0.15) is 0 Å². The van der Waals surface area contributed by atoms with E-state index in [1.54, 1.807) is 12.1 Å². The van der Waals surface area contributed by atoms with Crippen LogP contribution in [-0.2, 0) is 6.54 Å². The Labute approximate surface area is 139 Å². The van der Waals surface area contributed by atoms with E-state index in [1.807, 2.05) is 12.1 Å². The van der Waals surface area contributed by atoms with Crippen molar-refractivity contribution in [3.8, 4) is 0 Å². The van der Waals surface area contributed by atoms with Gasteiger partial charge in [0.25, 0.3) is 0 Å². The number of likely N-dealkylation sites (tertiary alicyclic amines) is 1. The van der Waals surface area contributed by atoms with E-state index in [1.165, 1.54) is 4.90 Å². The third-order valence-corrected chi connectivity index (χ3v) is 5.02. The first kappa shape index (κ1) is 15.9. The molecule has 3 N–H and O–H groups in total. The fourth-order valence-electron chi connectivity index (χ4n) is 3.54. The van der Waals surface area contributed by atoms with E-state index in [9.17, 15) is 9.59 Å². The maximum Gasteiger partial charge on any atom is 0.407 e. The second-order valence-electron chi connectivity index (χ2n) is 6.51. The van der Waals surface area contributed by atoms with E-state index < -0.39 is 6.09 Å². The smallest absolute Gasteiger partial charge is 0.407 e. The molecule has 1 heterocycles. The molecular formula is C16H20ClN3O3. The highest BCUT2D eigenvalue weighted by Gasteiger charge is 2.49. The Kier molecular flexibility index (Phi) is 4.35. The van der Waals surface area contributed by atoms with Crippen LogP contribution in [0.15, 0.2) is 24.3 Å². The molecule has 1 aliphatic heterocycles. The lowest BCUT2D eigenvalue weighted by Gasteiger charge is -2.45. The molecule has 1 saturated heterocycles. The van der Waals surface area contributed by atoms with Gasteiger partial charge in [0.2, 0.25) is 0 Å². The number of halogens is 1. The standard InChI is InChI=1S/C16H20ClN3O3/c17-12-3-1-11(2-4-12)9-18-14(21)19-13-7-16(8-13)5-6-20(10-16)15(22)23/h1-4,13H,5-10H2,(H,22,23)(H2,18,19,21)/t13-,16-. The van der Waals surface area contributed by atoms with Gasteiger partial charge in [-0.15, -0.1) is 0 Å². The molecule has 3 rings (SSSR count). The van der Waals surface area contributed by atoms with Crippen LogP contribution >= 0.6 is 11.6 Å². The van der Waals surface area contributed by atoms with Crippen molar-refractivity contribution < 1.29 is 14.7 Å². The number of carbonyl (C=O) groups is 2. The first-order valence-electron chi connectivity index (χ1n) is 7.72. The number of benzene rings is 1. The van der Waals surface area contributed by atoms with Crippen LogP contribution in [0.2, 0.25) is 5.02 Å². The first-order valence-corrected chi connectivity index (χ1v) is 8.10. The number of urea groups is 1. The molecule has 0 radical (unpaired) electrons. The minimum atomic E-state index is -0.848. The van der Waals surface area contributed by atoms with Gasteiger partial charge in [0.1, 0.15) is 0 Å². The summed E-state index contributed by atoms with van der Waals surface area (Å²) in [7, 11) is 0. The van der Waals surface area contributed by atoms with Crippen LogP contribution in [0.25, 0.3) is 0 Å². The molecule has 1 aliphatic carbocycles. The van der Waals surface area contributed by atoms with Gasteiger partial charge in [0, 0.05) is 30.7 Å². The number of hydrogen-bond acceptors (Lipinski definition) is 2. The highest BCUT2D eigenvalue weighted by atomic mass is 35.5. The van der Waals surface area contributed by atoms with Gasteiger partial charge in [0.15, 0.2) is 0 Å². The molecule has 1 aromatic rings. The summed E-state index contributed by atoms with van der Waals surface area (Å²) < 4.78 is 0. The summed E-state index contributed by atoms with van der Waals surface area (Å²) in [5.74, 6) is 0. The van der Waals surface area contributed by atoms with Crippen LogP contribution in [0.3, 0.4) is 0 Å². The molecule has 0 atom stereocenters. The zero-order valence-electron chi connectivity index (χ0n) is 12.7. The van der Waals surface area contributed by atoms with E-state index >= 15 is 0 Å². The summed E-state index contributed by atoms with van der Waals surface area (Å²) in [6.07, 6.45) is 1.75. The fourth-order valence-corrected chi connectivity index (χ4v) is 3.67. The minimum absolute atomic E-state index is 0.0759. The number of carbonyl (C=O) groups excluding carboxylic acids is 1. The largest absolute Gasteiger partial charge is 0.465 e. The molecule has 23 heavy (non-hydrogen) atoms. The van der Waals surface area contributed by atoms with Crippen LogP contribution in [-0.4, -0.2) is 41.3 Å². The van der Waals surface area contributed by atoms with Gasteiger partial charge >= 0.3 is 12.1 Å². The predicted octanol–water partition coefficient (Wildman–Crippen LogP) is 2.67. The second-order valence-corrected chi connectivity index (χ2v) is 6.95. The van der Waals surface area contributed by atoms with Crippen molar-refractivity contribution in [2.75, 3.05) is 13.1 Å².